The van der Waals surface area contributed by atoms with Gasteiger partial charge in [0.05, 0.1) is 5.69 Å². The van der Waals surface area contributed by atoms with Gasteiger partial charge in [0.2, 0.25) is 11.8 Å². The Hall–Kier alpha value is -3.32. The molecule has 29 heavy (non-hydrogen) atoms. The van der Waals surface area contributed by atoms with Crippen molar-refractivity contribution in [3.63, 3.8) is 0 Å². The van der Waals surface area contributed by atoms with E-state index in [2.05, 4.69) is 15.6 Å². The zero-order chi connectivity index (χ0) is 20.6. The van der Waals surface area contributed by atoms with Gasteiger partial charge in [-0.3, -0.25) is 14.9 Å². The largest absolute Gasteiger partial charge is 0.356 e. The van der Waals surface area contributed by atoms with E-state index in [0.29, 0.717) is 17.2 Å². The number of aromatic nitrogens is 1. The van der Waals surface area contributed by atoms with Gasteiger partial charge in [-0.25, -0.2) is 9.37 Å². The standard InChI is InChI=1S/C22H20FN3O2S/c1-15(27)24-12-11-16-5-8-18(9-6-16)20-14-29-22(25-20)26-21(28)10-7-17-3-2-4-19(23)13-17/h2-10,13-14H,11-12H2,1H3,(H,24,27)(H,25,26,28)/b10-7+. The third kappa shape index (κ3) is 6.36. The molecule has 1 heterocycles. The first-order chi connectivity index (χ1) is 14.0. The van der Waals surface area contributed by atoms with Crippen molar-refractivity contribution < 1.29 is 14.0 Å². The number of anilines is 1. The molecule has 3 rings (SSSR count). The van der Waals surface area contributed by atoms with Crippen LogP contribution in [-0.2, 0) is 16.0 Å². The Morgan fingerprint density at radius 3 is 2.69 bits per heavy atom. The topological polar surface area (TPSA) is 71.1 Å². The Kier molecular flexibility index (Phi) is 6.86. The highest BCUT2D eigenvalue weighted by Gasteiger charge is 2.07. The Balaban J connectivity index is 1.57. The Morgan fingerprint density at radius 2 is 1.97 bits per heavy atom. The fourth-order valence-electron chi connectivity index (χ4n) is 2.62. The van der Waals surface area contributed by atoms with Crippen LogP contribution in [0, 0.1) is 5.82 Å². The van der Waals surface area contributed by atoms with Gasteiger partial charge < -0.3 is 5.32 Å². The van der Waals surface area contributed by atoms with Gasteiger partial charge in [-0.2, -0.15) is 0 Å². The monoisotopic (exact) mass is 409 g/mol. The minimum absolute atomic E-state index is 0.0375. The number of halogens is 1. The fraction of sp³-hybridized carbons (Fsp3) is 0.136. The third-order valence-corrected chi connectivity index (χ3v) is 4.81. The van der Waals surface area contributed by atoms with Crippen molar-refractivity contribution in [3.05, 3.63) is 76.9 Å². The summed E-state index contributed by atoms with van der Waals surface area (Å²) in [7, 11) is 0. The van der Waals surface area contributed by atoms with Gasteiger partial charge in [-0.15, -0.1) is 11.3 Å². The molecule has 7 heteroatoms. The van der Waals surface area contributed by atoms with Crippen LogP contribution >= 0.6 is 11.3 Å². The predicted octanol–water partition coefficient (Wildman–Crippen LogP) is 4.28. The number of carbonyl (C=O) groups is 2. The Labute approximate surface area is 172 Å². The number of benzene rings is 2. The molecule has 148 valence electrons. The van der Waals surface area contributed by atoms with Crippen molar-refractivity contribution in [2.24, 2.45) is 0 Å². The summed E-state index contributed by atoms with van der Waals surface area (Å²) < 4.78 is 13.2. The number of nitrogens with zero attached hydrogens (tertiary/aromatic N) is 1. The summed E-state index contributed by atoms with van der Waals surface area (Å²) in [5.41, 5.74) is 3.44. The van der Waals surface area contributed by atoms with Crippen molar-refractivity contribution >= 4 is 34.4 Å². The van der Waals surface area contributed by atoms with Gasteiger partial charge in [-0.05, 0) is 35.8 Å². The maximum Gasteiger partial charge on any atom is 0.250 e. The van der Waals surface area contributed by atoms with Gasteiger partial charge in [-0.1, -0.05) is 36.4 Å². The lowest BCUT2D eigenvalue weighted by atomic mass is 10.1. The second kappa shape index (κ2) is 9.75. The minimum atomic E-state index is -0.349. The molecule has 0 unspecified atom stereocenters. The van der Waals surface area contributed by atoms with Crippen molar-refractivity contribution in [1.82, 2.24) is 10.3 Å². The molecule has 0 aliphatic carbocycles. The van der Waals surface area contributed by atoms with Crippen LogP contribution in [-0.4, -0.2) is 23.3 Å². The predicted molar refractivity (Wildman–Crippen MR) is 114 cm³/mol. The molecule has 0 radical (unpaired) electrons. The minimum Gasteiger partial charge on any atom is -0.356 e. The number of rotatable bonds is 7. The smallest absolute Gasteiger partial charge is 0.250 e. The lowest BCUT2D eigenvalue weighted by Crippen LogP contribution is -2.22. The second-order valence-corrected chi connectivity index (χ2v) is 7.20. The zero-order valence-corrected chi connectivity index (χ0v) is 16.6. The van der Waals surface area contributed by atoms with Crippen molar-refractivity contribution in [2.75, 3.05) is 11.9 Å². The molecule has 0 spiro atoms. The van der Waals surface area contributed by atoms with Crippen molar-refractivity contribution in [2.45, 2.75) is 13.3 Å². The van der Waals surface area contributed by atoms with Crippen LogP contribution in [0.15, 0.2) is 60.0 Å². The van der Waals surface area contributed by atoms with Gasteiger partial charge in [0.25, 0.3) is 0 Å². The fourth-order valence-corrected chi connectivity index (χ4v) is 3.34. The molecule has 3 aromatic rings. The molecule has 0 atom stereocenters. The SMILES string of the molecule is CC(=O)NCCc1ccc(-c2csc(NC(=O)/C=C/c3cccc(F)c3)n2)cc1. The molecule has 5 nitrogen and oxygen atoms in total. The van der Waals surface area contributed by atoms with Gasteiger partial charge in [0, 0.05) is 30.5 Å². The molecule has 0 aliphatic heterocycles. The molecule has 0 bridgehead atoms. The van der Waals surface area contributed by atoms with Crippen LogP contribution in [0.3, 0.4) is 0 Å². The van der Waals surface area contributed by atoms with Gasteiger partial charge >= 0.3 is 0 Å². The van der Waals surface area contributed by atoms with Crippen molar-refractivity contribution in [3.8, 4) is 11.3 Å². The lowest BCUT2D eigenvalue weighted by Gasteiger charge is -2.03. The number of carbonyl (C=O) groups excluding carboxylic acids is 2. The summed E-state index contributed by atoms with van der Waals surface area (Å²) in [6.45, 7) is 2.10. The first kappa shape index (κ1) is 20.4. The summed E-state index contributed by atoms with van der Waals surface area (Å²) in [6, 6.07) is 13.9. The van der Waals surface area contributed by atoms with Crippen LogP contribution in [0.5, 0.6) is 0 Å². The van der Waals surface area contributed by atoms with E-state index in [4.69, 9.17) is 0 Å². The second-order valence-electron chi connectivity index (χ2n) is 6.35. The van der Waals surface area contributed by atoms with Crippen molar-refractivity contribution in [1.29, 1.82) is 0 Å². The highest BCUT2D eigenvalue weighted by molar-refractivity contribution is 7.14. The molecule has 0 saturated heterocycles. The maximum absolute atomic E-state index is 13.2. The van der Waals surface area contributed by atoms with Crippen LogP contribution < -0.4 is 10.6 Å². The molecule has 0 aliphatic rings. The Bertz CT molecular complexity index is 1030. The normalized spacial score (nSPS) is 10.8. The van der Waals surface area contributed by atoms with E-state index in [1.165, 1.54) is 36.5 Å². The highest BCUT2D eigenvalue weighted by atomic mass is 32.1. The molecule has 2 amide bonds. The van der Waals surface area contributed by atoms with E-state index < -0.39 is 0 Å². The van der Waals surface area contributed by atoms with Crippen LogP contribution in [0.25, 0.3) is 17.3 Å². The van der Waals surface area contributed by atoms with E-state index in [1.807, 2.05) is 29.6 Å². The van der Waals surface area contributed by atoms with E-state index >= 15 is 0 Å². The molecule has 0 saturated carbocycles. The zero-order valence-electron chi connectivity index (χ0n) is 15.8. The van der Waals surface area contributed by atoms with E-state index in [9.17, 15) is 14.0 Å². The number of amides is 2. The molecule has 1 aromatic heterocycles. The average Bonchev–Trinajstić information content (AvgIpc) is 3.15. The average molecular weight is 409 g/mol. The molecule has 0 fully saturated rings. The van der Waals surface area contributed by atoms with E-state index in [0.717, 1.165) is 23.2 Å². The number of nitrogens with one attached hydrogen (secondary N) is 2. The lowest BCUT2D eigenvalue weighted by molar-refractivity contribution is -0.119. The van der Waals surface area contributed by atoms with Gasteiger partial charge in [0.15, 0.2) is 5.13 Å². The summed E-state index contributed by atoms with van der Waals surface area (Å²) in [4.78, 5) is 27.4. The third-order valence-electron chi connectivity index (χ3n) is 4.05. The molecule has 2 aromatic carbocycles. The quantitative estimate of drug-likeness (QED) is 0.572. The number of thiazole rings is 1. The molecular weight excluding hydrogens is 389 g/mol. The summed E-state index contributed by atoms with van der Waals surface area (Å²) >= 11 is 1.33. The van der Waals surface area contributed by atoms with E-state index in [-0.39, 0.29) is 17.6 Å². The summed E-state index contributed by atoms with van der Waals surface area (Å²) in [6.07, 6.45) is 3.65. The molecule has 2 N–H and O–H groups in total. The number of hydrogen-bond donors (Lipinski definition) is 2. The summed E-state index contributed by atoms with van der Waals surface area (Å²) in [5.74, 6) is -0.716. The Morgan fingerprint density at radius 1 is 1.17 bits per heavy atom. The first-order valence-electron chi connectivity index (χ1n) is 9.03. The van der Waals surface area contributed by atoms with Crippen LogP contribution in [0.1, 0.15) is 18.1 Å². The first-order valence-corrected chi connectivity index (χ1v) is 9.91. The summed E-state index contributed by atoms with van der Waals surface area (Å²) in [5, 5.41) is 7.85. The maximum atomic E-state index is 13.2. The van der Waals surface area contributed by atoms with Crippen LogP contribution in [0.2, 0.25) is 0 Å². The molecular formula is C22H20FN3O2S. The van der Waals surface area contributed by atoms with Crippen LogP contribution in [0.4, 0.5) is 9.52 Å². The van der Waals surface area contributed by atoms with Gasteiger partial charge in [0.1, 0.15) is 5.82 Å². The van der Waals surface area contributed by atoms with E-state index in [1.54, 1.807) is 18.2 Å². The highest BCUT2D eigenvalue weighted by Crippen LogP contribution is 2.25. The number of hydrogen-bond acceptors (Lipinski definition) is 4.